The first-order chi connectivity index (χ1) is 8.29. The minimum atomic E-state index is 0.776. The van der Waals surface area contributed by atoms with E-state index in [-0.39, 0.29) is 0 Å². The van der Waals surface area contributed by atoms with E-state index in [0.717, 1.165) is 28.0 Å². The Morgan fingerprint density at radius 2 is 2.24 bits per heavy atom. The number of rotatable bonds is 2. The Morgan fingerprint density at radius 1 is 1.35 bits per heavy atom. The molecule has 2 aromatic rings. The van der Waals surface area contributed by atoms with E-state index in [2.05, 4.69) is 34.8 Å². The predicted octanol–water partition coefficient (Wildman–Crippen LogP) is 5.04. The summed E-state index contributed by atoms with van der Waals surface area (Å²) in [6, 6.07) is 4.20. The zero-order valence-electron chi connectivity index (χ0n) is 9.51. The summed E-state index contributed by atoms with van der Waals surface area (Å²) in [5.41, 5.74) is 3.46. The molecule has 0 saturated heterocycles. The average molecular weight is 265 g/mol. The van der Waals surface area contributed by atoms with Crippen molar-refractivity contribution in [2.24, 2.45) is 0 Å². The monoisotopic (exact) mass is 264 g/mol. The van der Waals surface area contributed by atoms with Gasteiger partial charge in [0.1, 0.15) is 0 Å². The van der Waals surface area contributed by atoms with Gasteiger partial charge in [-0.2, -0.15) is 0 Å². The van der Waals surface area contributed by atoms with Gasteiger partial charge in [-0.1, -0.05) is 37.1 Å². The standard InChI is InChI=1S/C13H13ClN2S/c1-2-3-9-6-8-4-5-10-11(14)7-15-13(10)12(8)16-17-9/h4-7,15-16H,2-3H2,1H3. The molecule has 88 valence electrons. The molecule has 0 amide bonds. The van der Waals surface area contributed by atoms with E-state index in [1.807, 2.05) is 6.20 Å². The van der Waals surface area contributed by atoms with Gasteiger partial charge < -0.3 is 9.71 Å². The van der Waals surface area contributed by atoms with Gasteiger partial charge in [0.25, 0.3) is 0 Å². The zero-order chi connectivity index (χ0) is 11.8. The number of allylic oxidation sites excluding steroid dienone is 1. The molecule has 4 heteroatoms. The minimum absolute atomic E-state index is 0.776. The van der Waals surface area contributed by atoms with Gasteiger partial charge in [-0.3, -0.25) is 0 Å². The van der Waals surface area contributed by atoms with Crippen LogP contribution in [0.1, 0.15) is 25.3 Å². The van der Waals surface area contributed by atoms with Crippen molar-refractivity contribution >= 4 is 46.2 Å². The van der Waals surface area contributed by atoms with Crippen molar-refractivity contribution in [3.63, 3.8) is 0 Å². The van der Waals surface area contributed by atoms with Gasteiger partial charge in [-0.15, -0.1) is 0 Å². The van der Waals surface area contributed by atoms with Crippen molar-refractivity contribution < 1.29 is 0 Å². The van der Waals surface area contributed by atoms with Crippen molar-refractivity contribution in [2.75, 3.05) is 4.72 Å². The van der Waals surface area contributed by atoms with E-state index in [1.165, 1.54) is 16.9 Å². The van der Waals surface area contributed by atoms with Crippen LogP contribution in [0.4, 0.5) is 5.69 Å². The summed E-state index contributed by atoms with van der Waals surface area (Å²) in [6.45, 7) is 2.20. The number of aromatic amines is 1. The van der Waals surface area contributed by atoms with Gasteiger partial charge in [0, 0.05) is 22.1 Å². The van der Waals surface area contributed by atoms with Crippen molar-refractivity contribution in [3.05, 3.63) is 33.8 Å². The highest BCUT2D eigenvalue weighted by Crippen LogP contribution is 2.39. The Labute approximate surface area is 110 Å². The molecule has 0 atom stereocenters. The van der Waals surface area contributed by atoms with E-state index in [9.17, 15) is 0 Å². The van der Waals surface area contributed by atoms with Crippen LogP contribution < -0.4 is 4.72 Å². The SMILES string of the molecule is CCCC1=Cc2ccc3c(Cl)c[nH]c3c2NS1. The molecule has 1 aliphatic rings. The number of H-pyrrole nitrogens is 1. The van der Waals surface area contributed by atoms with Gasteiger partial charge in [0.15, 0.2) is 0 Å². The fourth-order valence-electron chi connectivity index (χ4n) is 2.10. The molecule has 0 spiro atoms. The topological polar surface area (TPSA) is 27.8 Å². The lowest BCUT2D eigenvalue weighted by Gasteiger charge is -2.18. The number of anilines is 1. The Morgan fingerprint density at radius 3 is 3.06 bits per heavy atom. The molecular formula is C13H13ClN2S. The van der Waals surface area contributed by atoms with Gasteiger partial charge >= 0.3 is 0 Å². The number of hydrogen-bond donors (Lipinski definition) is 2. The molecule has 0 aliphatic carbocycles. The molecule has 1 aliphatic heterocycles. The molecule has 1 aromatic heterocycles. The second-order valence-electron chi connectivity index (χ2n) is 4.15. The van der Waals surface area contributed by atoms with Gasteiger partial charge in [-0.05, 0) is 24.4 Å². The van der Waals surface area contributed by atoms with Gasteiger partial charge in [-0.25, -0.2) is 0 Å². The average Bonchev–Trinajstić information content (AvgIpc) is 2.72. The van der Waals surface area contributed by atoms with Crippen LogP contribution in [0.25, 0.3) is 17.0 Å². The first-order valence-electron chi connectivity index (χ1n) is 5.72. The number of benzene rings is 1. The molecule has 2 nitrogen and oxygen atoms in total. The van der Waals surface area contributed by atoms with Gasteiger partial charge in [0.2, 0.25) is 0 Å². The van der Waals surface area contributed by atoms with Crippen LogP contribution in [0.5, 0.6) is 0 Å². The van der Waals surface area contributed by atoms with Crippen molar-refractivity contribution in [1.82, 2.24) is 4.98 Å². The van der Waals surface area contributed by atoms with E-state index in [4.69, 9.17) is 11.6 Å². The molecule has 2 heterocycles. The molecule has 0 saturated carbocycles. The Hall–Kier alpha value is -1.06. The normalized spacial score (nSPS) is 14.4. The number of fused-ring (bicyclic) bond motifs is 3. The van der Waals surface area contributed by atoms with Crippen LogP contribution in [-0.4, -0.2) is 4.98 Å². The number of halogens is 1. The second kappa shape index (κ2) is 4.31. The summed E-state index contributed by atoms with van der Waals surface area (Å²) < 4.78 is 3.41. The van der Waals surface area contributed by atoms with Crippen molar-refractivity contribution in [3.8, 4) is 0 Å². The maximum atomic E-state index is 6.11. The third kappa shape index (κ3) is 1.83. The Kier molecular flexibility index (Phi) is 2.81. The maximum absolute atomic E-state index is 6.11. The summed E-state index contributed by atoms with van der Waals surface area (Å²) >= 11 is 7.81. The van der Waals surface area contributed by atoms with Crippen LogP contribution in [0, 0.1) is 0 Å². The lowest BCUT2D eigenvalue weighted by Crippen LogP contribution is -1.98. The summed E-state index contributed by atoms with van der Waals surface area (Å²) in [5, 5.41) is 1.85. The third-order valence-electron chi connectivity index (χ3n) is 2.94. The quantitative estimate of drug-likeness (QED) is 0.744. The summed E-state index contributed by atoms with van der Waals surface area (Å²) in [7, 11) is 0. The van der Waals surface area contributed by atoms with Crippen molar-refractivity contribution in [2.45, 2.75) is 19.8 Å². The largest absolute Gasteiger partial charge is 0.358 e. The minimum Gasteiger partial charge on any atom is -0.358 e. The molecular weight excluding hydrogens is 252 g/mol. The fourth-order valence-corrected chi connectivity index (χ4v) is 3.26. The Bertz CT molecular complexity index is 601. The van der Waals surface area contributed by atoms with E-state index < -0.39 is 0 Å². The van der Waals surface area contributed by atoms with Crippen LogP contribution in [0.3, 0.4) is 0 Å². The van der Waals surface area contributed by atoms with Crippen LogP contribution in [0.15, 0.2) is 23.2 Å². The maximum Gasteiger partial charge on any atom is 0.0761 e. The summed E-state index contributed by atoms with van der Waals surface area (Å²) in [6.07, 6.45) is 6.39. The number of aromatic nitrogens is 1. The molecule has 2 N–H and O–H groups in total. The first-order valence-corrected chi connectivity index (χ1v) is 6.92. The molecule has 3 rings (SSSR count). The zero-order valence-corrected chi connectivity index (χ0v) is 11.1. The Balaban J connectivity index is 2.14. The molecule has 1 aromatic carbocycles. The lowest BCUT2D eigenvalue weighted by molar-refractivity contribution is 0.951. The molecule has 0 unspecified atom stereocenters. The highest BCUT2D eigenvalue weighted by atomic mass is 35.5. The number of hydrogen-bond acceptors (Lipinski definition) is 2. The highest BCUT2D eigenvalue weighted by molar-refractivity contribution is 8.04. The second-order valence-corrected chi connectivity index (χ2v) is 5.49. The molecule has 0 bridgehead atoms. The third-order valence-corrected chi connectivity index (χ3v) is 4.14. The first kappa shape index (κ1) is 11.1. The molecule has 0 fully saturated rings. The van der Waals surface area contributed by atoms with E-state index >= 15 is 0 Å². The number of nitrogens with one attached hydrogen (secondary N) is 2. The van der Waals surface area contributed by atoms with Crippen molar-refractivity contribution in [1.29, 1.82) is 0 Å². The lowest BCUT2D eigenvalue weighted by atomic mass is 10.1. The summed E-state index contributed by atoms with van der Waals surface area (Å²) in [4.78, 5) is 4.61. The van der Waals surface area contributed by atoms with Crippen LogP contribution in [0.2, 0.25) is 5.02 Å². The summed E-state index contributed by atoms with van der Waals surface area (Å²) in [5.74, 6) is 0. The van der Waals surface area contributed by atoms with Gasteiger partial charge in [0.05, 0.1) is 16.2 Å². The van der Waals surface area contributed by atoms with Crippen LogP contribution >= 0.6 is 23.5 Å². The molecule has 0 radical (unpaired) electrons. The fraction of sp³-hybridized carbons (Fsp3) is 0.231. The predicted molar refractivity (Wildman–Crippen MR) is 77.4 cm³/mol. The highest BCUT2D eigenvalue weighted by Gasteiger charge is 2.15. The van der Waals surface area contributed by atoms with Crippen LogP contribution in [-0.2, 0) is 0 Å². The molecule has 17 heavy (non-hydrogen) atoms. The van der Waals surface area contributed by atoms with E-state index in [1.54, 1.807) is 11.9 Å². The van der Waals surface area contributed by atoms with E-state index in [0.29, 0.717) is 0 Å². The smallest absolute Gasteiger partial charge is 0.0761 e.